The van der Waals surface area contributed by atoms with Crippen molar-refractivity contribution < 1.29 is 28.2 Å². The second kappa shape index (κ2) is 10.8. The van der Waals surface area contributed by atoms with Gasteiger partial charge in [0.1, 0.15) is 18.0 Å². The lowest BCUT2D eigenvalue weighted by molar-refractivity contribution is -0.192. The third kappa shape index (κ3) is 6.15. The van der Waals surface area contributed by atoms with Crippen LogP contribution in [-0.4, -0.2) is 54.5 Å². The lowest BCUT2D eigenvalue weighted by Crippen LogP contribution is -2.27. The summed E-state index contributed by atoms with van der Waals surface area (Å²) in [4.78, 5) is 20.5. The molecule has 0 bridgehead atoms. The second-order valence-electron chi connectivity index (χ2n) is 8.52. The average Bonchev–Trinajstić information content (AvgIpc) is 3.53. The molecule has 1 saturated heterocycles. The molecule has 1 unspecified atom stereocenters. The van der Waals surface area contributed by atoms with Crippen molar-refractivity contribution in [2.75, 3.05) is 16.8 Å². The van der Waals surface area contributed by atoms with E-state index in [9.17, 15) is 18.3 Å². The third-order valence-electron chi connectivity index (χ3n) is 5.90. The molecule has 0 amide bonds. The Labute approximate surface area is 210 Å². The fraction of sp³-hybridized carbons (Fsp3) is 0.280. The van der Waals surface area contributed by atoms with Crippen molar-refractivity contribution in [1.82, 2.24) is 19.6 Å². The number of nitrogens with zero attached hydrogens (tertiary/aromatic N) is 5. The van der Waals surface area contributed by atoms with Crippen LogP contribution in [0.4, 0.5) is 30.5 Å². The SMILES string of the molecule is CC1CCCN1c1cccc(Nc2cc(-c3cccc(CO)c3)cn3ncnc23)n1.O=C(O)C(F)(F)F. The van der Waals surface area contributed by atoms with Gasteiger partial charge in [-0.2, -0.15) is 18.3 Å². The van der Waals surface area contributed by atoms with E-state index in [1.165, 1.54) is 12.8 Å². The van der Waals surface area contributed by atoms with E-state index >= 15 is 0 Å². The lowest BCUT2D eigenvalue weighted by Gasteiger charge is -2.23. The van der Waals surface area contributed by atoms with Crippen LogP contribution in [0.3, 0.4) is 0 Å². The first-order valence-electron chi connectivity index (χ1n) is 11.5. The maximum Gasteiger partial charge on any atom is 0.490 e. The molecule has 1 atom stereocenters. The minimum Gasteiger partial charge on any atom is -0.475 e. The highest BCUT2D eigenvalue weighted by Crippen LogP contribution is 2.29. The summed E-state index contributed by atoms with van der Waals surface area (Å²) in [5, 5.41) is 24.4. The summed E-state index contributed by atoms with van der Waals surface area (Å²) in [6, 6.07) is 16.5. The van der Waals surface area contributed by atoms with Crippen LogP contribution in [0.15, 0.2) is 61.1 Å². The van der Waals surface area contributed by atoms with Gasteiger partial charge in [0.25, 0.3) is 0 Å². The lowest BCUT2D eigenvalue weighted by atomic mass is 10.0. The van der Waals surface area contributed by atoms with Gasteiger partial charge in [-0.3, -0.25) is 0 Å². The molecule has 37 heavy (non-hydrogen) atoms. The maximum absolute atomic E-state index is 10.6. The Bertz CT molecular complexity index is 1390. The number of nitrogens with one attached hydrogen (secondary N) is 1. The molecule has 12 heteroatoms. The molecule has 1 aliphatic rings. The largest absolute Gasteiger partial charge is 0.490 e. The summed E-state index contributed by atoms with van der Waals surface area (Å²) >= 11 is 0. The van der Waals surface area contributed by atoms with Crippen molar-refractivity contribution in [3.63, 3.8) is 0 Å². The van der Waals surface area contributed by atoms with Gasteiger partial charge in [0.2, 0.25) is 0 Å². The van der Waals surface area contributed by atoms with E-state index < -0.39 is 12.1 Å². The molecule has 0 saturated carbocycles. The quantitative estimate of drug-likeness (QED) is 0.353. The van der Waals surface area contributed by atoms with E-state index in [4.69, 9.17) is 14.9 Å². The number of alkyl halides is 3. The highest BCUT2D eigenvalue weighted by atomic mass is 19.4. The van der Waals surface area contributed by atoms with E-state index in [-0.39, 0.29) is 6.61 Å². The fourth-order valence-corrected chi connectivity index (χ4v) is 4.09. The Morgan fingerprint density at radius 2 is 1.92 bits per heavy atom. The van der Waals surface area contributed by atoms with Gasteiger partial charge in [-0.25, -0.2) is 19.3 Å². The number of aliphatic hydroxyl groups excluding tert-OH is 1. The number of halogens is 3. The minimum absolute atomic E-state index is 0.0101. The first-order chi connectivity index (χ1) is 17.7. The molecule has 0 aliphatic carbocycles. The molecule has 9 nitrogen and oxygen atoms in total. The number of hydrogen-bond donors (Lipinski definition) is 3. The zero-order valence-corrected chi connectivity index (χ0v) is 19.9. The molecule has 4 aromatic rings. The van der Waals surface area contributed by atoms with Gasteiger partial charge in [-0.1, -0.05) is 24.3 Å². The second-order valence-corrected chi connectivity index (χ2v) is 8.52. The summed E-state index contributed by atoms with van der Waals surface area (Å²) in [5.74, 6) is -0.987. The summed E-state index contributed by atoms with van der Waals surface area (Å²) in [6.07, 6.45) is 0.814. The van der Waals surface area contributed by atoms with Crippen molar-refractivity contribution in [3.05, 3.63) is 66.6 Å². The topological polar surface area (TPSA) is 116 Å². The standard InChI is InChI=1S/C23H24N6O.C2HF3O2/c1-16-5-4-10-28(16)22-9-3-8-21(27-22)26-20-12-19(13-29-23(20)24-15-25-29)18-7-2-6-17(11-18)14-30;3-2(4,5)1(6)7/h2-3,6-9,11-13,15-16,30H,4-5,10,14H2,1H3,(H,26,27);(H,6,7). The predicted molar refractivity (Wildman–Crippen MR) is 132 cm³/mol. The number of carboxylic acids is 1. The fourth-order valence-electron chi connectivity index (χ4n) is 4.09. The summed E-state index contributed by atoms with van der Waals surface area (Å²) in [7, 11) is 0. The number of pyridine rings is 2. The first kappa shape index (κ1) is 25.9. The molecule has 1 fully saturated rings. The van der Waals surface area contributed by atoms with Gasteiger partial charge in [0, 0.05) is 24.3 Å². The molecule has 1 aliphatic heterocycles. The van der Waals surface area contributed by atoms with Crippen molar-refractivity contribution in [2.24, 2.45) is 0 Å². The monoisotopic (exact) mass is 514 g/mol. The van der Waals surface area contributed by atoms with Crippen LogP contribution in [0.2, 0.25) is 0 Å². The van der Waals surface area contributed by atoms with E-state index in [1.807, 2.05) is 48.7 Å². The van der Waals surface area contributed by atoms with Gasteiger partial charge in [0.15, 0.2) is 5.65 Å². The van der Waals surface area contributed by atoms with Gasteiger partial charge >= 0.3 is 12.1 Å². The molecule has 3 aromatic heterocycles. The Balaban J connectivity index is 0.000000405. The zero-order chi connectivity index (χ0) is 26.6. The number of hydrogen-bond acceptors (Lipinski definition) is 7. The summed E-state index contributed by atoms with van der Waals surface area (Å²) in [6.45, 7) is 3.30. The number of rotatable bonds is 5. The van der Waals surface area contributed by atoms with E-state index in [2.05, 4.69) is 33.3 Å². The van der Waals surface area contributed by atoms with Crippen LogP contribution in [0, 0.1) is 0 Å². The molecule has 0 spiro atoms. The zero-order valence-electron chi connectivity index (χ0n) is 19.9. The number of anilines is 3. The smallest absolute Gasteiger partial charge is 0.475 e. The van der Waals surface area contributed by atoms with Crippen molar-refractivity contribution >= 4 is 28.9 Å². The van der Waals surface area contributed by atoms with Gasteiger partial charge in [0.05, 0.1) is 12.3 Å². The van der Waals surface area contributed by atoms with Gasteiger partial charge in [-0.15, -0.1) is 0 Å². The van der Waals surface area contributed by atoms with E-state index in [1.54, 1.807) is 10.8 Å². The van der Waals surface area contributed by atoms with Crippen LogP contribution < -0.4 is 10.2 Å². The highest BCUT2D eigenvalue weighted by molar-refractivity contribution is 5.79. The highest BCUT2D eigenvalue weighted by Gasteiger charge is 2.38. The first-order valence-corrected chi connectivity index (χ1v) is 11.5. The molecule has 3 N–H and O–H groups in total. The predicted octanol–water partition coefficient (Wildman–Crippen LogP) is 4.65. The number of aromatic nitrogens is 4. The third-order valence-corrected chi connectivity index (χ3v) is 5.90. The van der Waals surface area contributed by atoms with Gasteiger partial charge < -0.3 is 20.4 Å². The number of aliphatic carboxylic acids is 1. The normalized spacial score (nSPS) is 15.4. The van der Waals surface area contributed by atoms with Crippen LogP contribution in [-0.2, 0) is 11.4 Å². The Morgan fingerprint density at radius 1 is 1.16 bits per heavy atom. The number of aliphatic hydroxyl groups is 1. The minimum atomic E-state index is -5.08. The summed E-state index contributed by atoms with van der Waals surface area (Å²) < 4.78 is 33.5. The number of fused-ring (bicyclic) bond motifs is 1. The molecule has 4 heterocycles. The van der Waals surface area contributed by atoms with Crippen molar-refractivity contribution in [2.45, 2.75) is 38.6 Å². The molecule has 0 radical (unpaired) electrons. The maximum atomic E-state index is 10.6. The van der Waals surface area contributed by atoms with Crippen LogP contribution >= 0.6 is 0 Å². The Morgan fingerprint density at radius 3 is 2.59 bits per heavy atom. The van der Waals surface area contributed by atoms with Crippen molar-refractivity contribution in [1.29, 1.82) is 0 Å². The molecule has 1 aromatic carbocycles. The molecule has 5 rings (SSSR count). The number of carboxylic acid groups (broad SMARTS) is 1. The van der Waals surface area contributed by atoms with Crippen LogP contribution in [0.5, 0.6) is 0 Å². The Kier molecular flexibility index (Phi) is 7.58. The van der Waals surface area contributed by atoms with E-state index in [0.717, 1.165) is 46.2 Å². The van der Waals surface area contributed by atoms with Gasteiger partial charge in [-0.05, 0) is 55.2 Å². The van der Waals surface area contributed by atoms with Crippen LogP contribution in [0.1, 0.15) is 25.3 Å². The molecule has 194 valence electrons. The molecular weight excluding hydrogens is 489 g/mol. The summed E-state index contributed by atoms with van der Waals surface area (Å²) in [5.41, 5.74) is 4.43. The average molecular weight is 515 g/mol. The van der Waals surface area contributed by atoms with Crippen LogP contribution in [0.25, 0.3) is 16.8 Å². The van der Waals surface area contributed by atoms with E-state index in [0.29, 0.717) is 6.04 Å². The van der Waals surface area contributed by atoms with Crippen molar-refractivity contribution in [3.8, 4) is 11.1 Å². The number of carbonyl (C=O) groups is 1. The Hall–Kier alpha value is -4.19. The molecular formula is C25H25F3N6O3. The number of benzene rings is 1.